The van der Waals surface area contributed by atoms with Crippen LogP contribution < -0.4 is 4.74 Å². The lowest BCUT2D eigenvalue weighted by Crippen LogP contribution is -2.45. The van der Waals surface area contributed by atoms with Crippen molar-refractivity contribution in [3.05, 3.63) is 58.7 Å². The minimum absolute atomic E-state index is 0.0993. The highest BCUT2D eigenvalue weighted by molar-refractivity contribution is 7.12. The van der Waals surface area contributed by atoms with Crippen LogP contribution in [0.2, 0.25) is 0 Å². The first-order valence-corrected chi connectivity index (χ1v) is 10.2. The zero-order valence-corrected chi connectivity index (χ0v) is 16.4. The Bertz CT molecular complexity index is 997. The van der Waals surface area contributed by atoms with Crippen molar-refractivity contribution in [1.29, 1.82) is 0 Å². The summed E-state index contributed by atoms with van der Waals surface area (Å²) >= 11 is 1.49. The normalized spacial score (nSPS) is 21.1. The van der Waals surface area contributed by atoms with E-state index in [0.717, 1.165) is 40.7 Å². The number of fused-ring (bicyclic) bond motifs is 1. The molecule has 1 atom stereocenters. The number of carbonyl (C=O) groups excluding carboxylic acids is 1. The molecule has 1 saturated heterocycles. The summed E-state index contributed by atoms with van der Waals surface area (Å²) in [7, 11) is 1.67. The number of imidazole rings is 1. The number of likely N-dealkylation sites (tertiary alicyclic amines) is 1. The summed E-state index contributed by atoms with van der Waals surface area (Å²) in [5.74, 6) is 1.86. The molecular weight excluding hydrogens is 374 g/mol. The number of thiophene rings is 1. The van der Waals surface area contributed by atoms with Gasteiger partial charge in [0.1, 0.15) is 23.8 Å². The SMILES string of the molecule is COc1ccc(-c2cnc3n2CC2(CCN(C(=O)c4cccs4)C2)OC3)cc1. The highest BCUT2D eigenvalue weighted by atomic mass is 32.1. The van der Waals surface area contributed by atoms with E-state index >= 15 is 0 Å². The van der Waals surface area contributed by atoms with E-state index in [1.165, 1.54) is 11.3 Å². The number of rotatable bonds is 3. The minimum Gasteiger partial charge on any atom is -0.497 e. The predicted molar refractivity (Wildman–Crippen MR) is 107 cm³/mol. The van der Waals surface area contributed by atoms with Crippen molar-refractivity contribution in [2.75, 3.05) is 20.2 Å². The number of hydrogen-bond donors (Lipinski definition) is 0. The number of hydrogen-bond acceptors (Lipinski definition) is 5. The lowest BCUT2D eigenvalue weighted by atomic mass is 10.0. The Morgan fingerprint density at radius 1 is 1.25 bits per heavy atom. The number of amides is 1. The van der Waals surface area contributed by atoms with E-state index in [9.17, 15) is 4.79 Å². The fraction of sp³-hybridized carbons (Fsp3) is 0.333. The van der Waals surface area contributed by atoms with Crippen molar-refractivity contribution in [3.8, 4) is 17.0 Å². The van der Waals surface area contributed by atoms with E-state index in [4.69, 9.17) is 9.47 Å². The Hall–Kier alpha value is -2.64. The van der Waals surface area contributed by atoms with E-state index < -0.39 is 0 Å². The molecule has 144 valence electrons. The second-order valence-corrected chi connectivity index (χ2v) is 8.25. The second kappa shape index (κ2) is 6.76. The van der Waals surface area contributed by atoms with Crippen LogP contribution in [0, 0.1) is 0 Å². The van der Waals surface area contributed by atoms with Gasteiger partial charge in [0.15, 0.2) is 0 Å². The van der Waals surface area contributed by atoms with Gasteiger partial charge in [-0.1, -0.05) is 6.07 Å². The third kappa shape index (κ3) is 2.91. The van der Waals surface area contributed by atoms with E-state index in [1.54, 1.807) is 7.11 Å². The largest absolute Gasteiger partial charge is 0.497 e. The van der Waals surface area contributed by atoms with E-state index in [-0.39, 0.29) is 11.5 Å². The maximum atomic E-state index is 12.7. The van der Waals surface area contributed by atoms with Crippen molar-refractivity contribution in [3.63, 3.8) is 0 Å². The molecule has 2 aliphatic heterocycles. The molecule has 3 aromatic rings. The highest BCUT2D eigenvalue weighted by Gasteiger charge is 2.44. The summed E-state index contributed by atoms with van der Waals surface area (Å²) in [6.07, 6.45) is 2.74. The molecule has 1 amide bonds. The Morgan fingerprint density at radius 3 is 2.86 bits per heavy atom. The topological polar surface area (TPSA) is 56.6 Å². The van der Waals surface area contributed by atoms with Gasteiger partial charge in [-0.2, -0.15) is 0 Å². The first-order valence-electron chi connectivity index (χ1n) is 9.33. The molecule has 1 spiro atoms. The molecule has 2 aliphatic rings. The van der Waals surface area contributed by atoms with Crippen LogP contribution in [-0.2, 0) is 17.9 Å². The smallest absolute Gasteiger partial charge is 0.264 e. The van der Waals surface area contributed by atoms with Gasteiger partial charge >= 0.3 is 0 Å². The molecule has 0 saturated carbocycles. The van der Waals surface area contributed by atoms with Crippen molar-refractivity contribution < 1.29 is 14.3 Å². The summed E-state index contributed by atoms with van der Waals surface area (Å²) in [6, 6.07) is 11.8. The lowest BCUT2D eigenvalue weighted by Gasteiger charge is -2.35. The molecule has 0 aliphatic carbocycles. The lowest BCUT2D eigenvalue weighted by molar-refractivity contribution is -0.0804. The molecule has 28 heavy (non-hydrogen) atoms. The van der Waals surface area contributed by atoms with Crippen LogP contribution in [0.3, 0.4) is 0 Å². The van der Waals surface area contributed by atoms with Gasteiger partial charge in [-0.25, -0.2) is 4.98 Å². The van der Waals surface area contributed by atoms with E-state index in [1.807, 2.05) is 52.9 Å². The average Bonchev–Trinajstić information content (AvgIpc) is 3.48. The first kappa shape index (κ1) is 17.5. The van der Waals surface area contributed by atoms with Gasteiger partial charge in [0, 0.05) is 12.1 Å². The summed E-state index contributed by atoms with van der Waals surface area (Å²) < 4.78 is 13.7. The predicted octanol–water partition coefficient (Wildman–Crippen LogP) is 3.44. The zero-order valence-electron chi connectivity index (χ0n) is 15.6. The van der Waals surface area contributed by atoms with Crippen LogP contribution in [0.25, 0.3) is 11.3 Å². The average molecular weight is 395 g/mol. The van der Waals surface area contributed by atoms with Crippen molar-refractivity contribution >= 4 is 17.2 Å². The van der Waals surface area contributed by atoms with Crippen molar-refractivity contribution in [2.24, 2.45) is 0 Å². The quantitative estimate of drug-likeness (QED) is 0.682. The number of benzene rings is 1. The van der Waals surface area contributed by atoms with Crippen LogP contribution in [-0.4, -0.2) is 46.2 Å². The second-order valence-electron chi connectivity index (χ2n) is 7.30. The van der Waals surface area contributed by atoms with Crippen LogP contribution in [0.1, 0.15) is 21.9 Å². The molecular formula is C21H21N3O3S. The van der Waals surface area contributed by atoms with E-state index in [2.05, 4.69) is 9.55 Å². The molecule has 0 radical (unpaired) electrons. The maximum Gasteiger partial charge on any atom is 0.264 e. The van der Waals surface area contributed by atoms with Crippen molar-refractivity contribution in [1.82, 2.24) is 14.5 Å². The minimum atomic E-state index is -0.345. The van der Waals surface area contributed by atoms with E-state index in [0.29, 0.717) is 19.7 Å². The van der Waals surface area contributed by atoms with Gasteiger partial charge in [0.25, 0.3) is 5.91 Å². The molecule has 1 aromatic carbocycles. The number of aromatic nitrogens is 2. The van der Waals surface area contributed by atoms with Crippen LogP contribution in [0.5, 0.6) is 5.75 Å². The van der Waals surface area contributed by atoms with Crippen LogP contribution in [0.15, 0.2) is 48.0 Å². The molecule has 0 bridgehead atoms. The fourth-order valence-electron chi connectivity index (χ4n) is 4.07. The Morgan fingerprint density at radius 2 is 2.11 bits per heavy atom. The number of carbonyl (C=O) groups is 1. The van der Waals surface area contributed by atoms with Gasteiger partial charge in [0.05, 0.1) is 37.0 Å². The molecule has 5 rings (SSSR count). The van der Waals surface area contributed by atoms with Gasteiger partial charge in [-0.3, -0.25) is 4.79 Å². The van der Waals surface area contributed by atoms with Crippen molar-refractivity contribution in [2.45, 2.75) is 25.2 Å². The molecule has 2 aromatic heterocycles. The Labute approximate surface area is 167 Å². The molecule has 4 heterocycles. The summed E-state index contributed by atoms with van der Waals surface area (Å²) in [5.41, 5.74) is 1.83. The third-order valence-corrected chi connectivity index (χ3v) is 6.47. The number of nitrogens with zero attached hydrogens (tertiary/aromatic N) is 3. The monoisotopic (exact) mass is 395 g/mol. The van der Waals surface area contributed by atoms with Gasteiger partial charge in [-0.15, -0.1) is 11.3 Å². The molecule has 6 nitrogen and oxygen atoms in total. The zero-order chi connectivity index (χ0) is 19.1. The first-order chi connectivity index (χ1) is 13.7. The number of ether oxygens (including phenoxy) is 2. The van der Waals surface area contributed by atoms with Gasteiger partial charge < -0.3 is 18.9 Å². The van der Waals surface area contributed by atoms with Crippen LogP contribution >= 0.6 is 11.3 Å². The number of methoxy groups -OCH3 is 1. The summed E-state index contributed by atoms with van der Waals surface area (Å²) in [6.45, 7) is 2.51. The fourth-order valence-corrected chi connectivity index (χ4v) is 4.76. The van der Waals surface area contributed by atoms with Crippen LogP contribution in [0.4, 0.5) is 0 Å². The summed E-state index contributed by atoms with van der Waals surface area (Å²) in [4.78, 5) is 20.0. The molecule has 1 unspecified atom stereocenters. The molecule has 1 fully saturated rings. The maximum absolute atomic E-state index is 12.7. The standard InChI is InChI=1S/C21H21N3O3S/c1-26-16-6-4-15(5-7-16)17-11-22-19-12-27-21(14-24(17)19)8-9-23(13-21)20(25)18-3-2-10-28-18/h2-7,10-11H,8-9,12-14H2,1H3. The molecule has 7 heteroatoms. The highest BCUT2D eigenvalue weighted by Crippen LogP contribution is 2.36. The Balaban J connectivity index is 1.39. The van der Waals surface area contributed by atoms with Gasteiger partial charge in [0.2, 0.25) is 0 Å². The Kier molecular flexibility index (Phi) is 4.21. The van der Waals surface area contributed by atoms with Gasteiger partial charge in [-0.05, 0) is 42.1 Å². The third-order valence-electron chi connectivity index (χ3n) is 5.61. The molecule has 0 N–H and O–H groups in total. The summed E-state index contributed by atoms with van der Waals surface area (Å²) in [5, 5.41) is 1.94.